The molecule has 1 amide bonds. The van der Waals surface area contributed by atoms with Crippen molar-refractivity contribution in [3.05, 3.63) is 57.6 Å². The Bertz CT molecular complexity index is 949. The van der Waals surface area contributed by atoms with E-state index >= 15 is 0 Å². The number of nitrogens with one attached hydrogen (secondary N) is 1. The van der Waals surface area contributed by atoms with Crippen LogP contribution in [0.5, 0.6) is 5.75 Å². The zero-order valence-electron chi connectivity index (χ0n) is 20.6. The summed E-state index contributed by atoms with van der Waals surface area (Å²) in [4.78, 5) is 12.8. The molecule has 3 heteroatoms. The Morgan fingerprint density at radius 1 is 1.13 bits per heavy atom. The fraction of sp³-hybridized carbons (Fsp3) is 0.536. The largest absolute Gasteiger partial charge is 0.492 e. The van der Waals surface area contributed by atoms with Gasteiger partial charge in [0, 0.05) is 35.6 Å². The Kier molecular flexibility index (Phi) is 6.83. The molecular formula is C28H39NO2. The lowest BCUT2D eigenvalue weighted by molar-refractivity contribution is -0.117. The number of fused-ring (bicyclic) bond motifs is 1. The zero-order valence-corrected chi connectivity index (χ0v) is 20.6. The van der Waals surface area contributed by atoms with Crippen molar-refractivity contribution in [2.45, 2.75) is 86.5 Å². The number of carbonyl (C=O) groups is 1. The van der Waals surface area contributed by atoms with Crippen molar-refractivity contribution < 1.29 is 9.53 Å². The third-order valence-corrected chi connectivity index (χ3v) is 6.44. The van der Waals surface area contributed by atoms with Crippen molar-refractivity contribution in [1.82, 2.24) is 0 Å². The summed E-state index contributed by atoms with van der Waals surface area (Å²) in [5.74, 6) is 2.04. The van der Waals surface area contributed by atoms with E-state index in [0.717, 1.165) is 42.0 Å². The van der Waals surface area contributed by atoms with Crippen LogP contribution < -0.4 is 10.1 Å². The van der Waals surface area contributed by atoms with Crippen LogP contribution in [0.15, 0.2) is 24.3 Å². The summed E-state index contributed by atoms with van der Waals surface area (Å²) in [7, 11) is 0. The molecule has 168 valence electrons. The second kappa shape index (κ2) is 9.06. The molecule has 0 saturated heterocycles. The minimum Gasteiger partial charge on any atom is -0.492 e. The highest BCUT2D eigenvalue weighted by atomic mass is 16.5. The van der Waals surface area contributed by atoms with Gasteiger partial charge in [-0.2, -0.15) is 0 Å². The summed E-state index contributed by atoms with van der Waals surface area (Å²) in [5, 5.41) is 3.27. The Morgan fingerprint density at radius 3 is 2.32 bits per heavy atom. The van der Waals surface area contributed by atoms with E-state index in [1.54, 1.807) is 0 Å². The van der Waals surface area contributed by atoms with E-state index in [4.69, 9.17) is 4.74 Å². The molecule has 3 nitrogen and oxygen atoms in total. The molecule has 1 unspecified atom stereocenters. The van der Waals surface area contributed by atoms with E-state index in [1.165, 1.54) is 22.3 Å². The highest BCUT2D eigenvalue weighted by Gasteiger charge is 2.31. The van der Waals surface area contributed by atoms with Crippen molar-refractivity contribution in [3.8, 4) is 5.75 Å². The number of ether oxygens (including phenoxy) is 1. The zero-order chi connectivity index (χ0) is 22.9. The third kappa shape index (κ3) is 5.14. The second-order valence-electron chi connectivity index (χ2n) is 10.6. The fourth-order valence-electron chi connectivity index (χ4n) is 4.61. The molecule has 0 bridgehead atoms. The molecule has 1 aliphatic heterocycles. The minimum atomic E-state index is -0.0430. The predicted octanol–water partition coefficient (Wildman–Crippen LogP) is 7.28. The van der Waals surface area contributed by atoms with Gasteiger partial charge in [-0.05, 0) is 53.9 Å². The highest BCUT2D eigenvalue weighted by Crippen LogP contribution is 2.46. The van der Waals surface area contributed by atoms with Crippen molar-refractivity contribution in [2.24, 2.45) is 5.41 Å². The molecule has 2 aromatic rings. The molecule has 1 atom stereocenters. The van der Waals surface area contributed by atoms with E-state index in [1.807, 2.05) is 0 Å². The SMILES string of the molecule is CCC1COc2c(Cc3ccc(C(C)C)cc3)c(C)c(NC(=O)CC(C)(C)C)c(C)c21. The Labute approximate surface area is 188 Å². The van der Waals surface area contributed by atoms with Crippen molar-refractivity contribution in [3.63, 3.8) is 0 Å². The van der Waals surface area contributed by atoms with Gasteiger partial charge in [0.05, 0.1) is 6.61 Å². The van der Waals surface area contributed by atoms with Crippen LogP contribution in [0.3, 0.4) is 0 Å². The predicted molar refractivity (Wildman–Crippen MR) is 130 cm³/mol. The molecule has 31 heavy (non-hydrogen) atoms. The van der Waals surface area contributed by atoms with Gasteiger partial charge in [-0.25, -0.2) is 0 Å². The second-order valence-corrected chi connectivity index (χ2v) is 10.6. The van der Waals surface area contributed by atoms with E-state index in [2.05, 4.69) is 85.0 Å². The van der Waals surface area contributed by atoms with Crippen LogP contribution in [0, 0.1) is 19.3 Å². The first-order valence-corrected chi connectivity index (χ1v) is 11.7. The molecule has 0 aromatic heterocycles. The number of hydrogen-bond donors (Lipinski definition) is 1. The standard InChI is InChI=1S/C28H39NO2/c1-9-21-16-31-27-23(14-20-10-12-22(13-11-20)17(2)3)18(4)26(19(5)25(21)27)29-24(30)15-28(6,7)8/h10-13,17,21H,9,14-16H2,1-8H3,(H,29,30). The highest BCUT2D eigenvalue weighted by molar-refractivity contribution is 5.93. The summed E-state index contributed by atoms with van der Waals surface area (Å²) < 4.78 is 6.26. The van der Waals surface area contributed by atoms with Crippen molar-refractivity contribution >= 4 is 11.6 Å². The van der Waals surface area contributed by atoms with Crippen LogP contribution in [0.25, 0.3) is 0 Å². The summed E-state index contributed by atoms with van der Waals surface area (Å²) in [6, 6.07) is 8.91. The first-order valence-electron chi connectivity index (χ1n) is 11.7. The molecule has 0 saturated carbocycles. The Morgan fingerprint density at radius 2 is 1.77 bits per heavy atom. The summed E-state index contributed by atoms with van der Waals surface area (Å²) in [5.41, 5.74) is 8.35. The molecule has 0 spiro atoms. The Balaban J connectivity index is 2.04. The molecule has 1 heterocycles. The maximum absolute atomic E-state index is 12.8. The number of benzene rings is 2. The van der Waals surface area contributed by atoms with Crippen LogP contribution in [-0.2, 0) is 11.2 Å². The first-order chi connectivity index (χ1) is 14.5. The smallest absolute Gasteiger partial charge is 0.224 e. The summed E-state index contributed by atoms with van der Waals surface area (Å²) in [6.07, 6.45) is 2.35. The van der Waals surface area contributed by atoms with Crippen molar-refractivity contribution in [2.75, 3.05) is 11.9 Å². The van der Waals surface area contributed by atoms with Crippen LogP contribution >= 0.6 is 0 Å². The van der Waals surface area contributed by atoms with Gasteiger partial charge in [0.15, 0.2) is 0 Å². The molecule has 1 aliphatic rings. The number of hydrogen-bond acceptors (Lipinski definition) is 2. The van der Waals surface area contributed by atoms with Crippen LogP contribution in [-0.4, -0.2) is 12.5 Å². The normalized spacial score (nSPS) is 15.7. The molecule has 0 radical (unpaired) electrons. The molecular weight excluding hydrogens is 382 g/mol. The number of amides is 1. The quantitative estimate of drug-likeness (QED) is 0.532. The first kappa shape index (κ1) is 23.4. The molecule has 2 aromatic carbocycles. The lowest BCUT2D eigenvalue weighted by atomic mass is 9.86. The maximum atomic E-state index is 12.8. The average Bonchev–Trinajstić information content (AvgIpc) is 3.11. The number of rotatable bonds is 6. The average molecular weight is 422 g/mol. The number of anilines is 1. The molecule has 0 fully saturated rings. The topological polar surface area (TPSA) is 38.3 Å². The summed E-state index contributed by atoms with van der Waals surface area (Å²) >= 11 is 0. The van der Waals surface area contributed by atoms with Crippen LogP contribution in [0.4, 0.5) is 5.69 Å². The van der Waals surface area contributed by atoms with Gasteiger partial charge in [-0.15, -0.1) is 0 Å². The fourth-order valence-corrected chi connectivity index (χ4v) is 4.61. The van der Waals surface area contributed by atoms with Gasteiger partial charge < -0.3 is 10.1 Å². The lowest BCUT2D eigenvalue weighted by Crippen LogP contribution is -2.21. The molecule has 3 rings (SSSR count). The van der Waals surface area contributed by atoms with E-state index in [9.17, 15) is 4.79 Å². The van der Waals surface area contributed by atoms with Gasteiger partial charge in [0.25, 0.3) is 0 Å². The van der Waals surface area contributed by atoms with Crippen LogP contribution in [0.2, 0.25) is 0 Å². The van der Waals surface area contributed by atoms with Gasteiger partial charge >= 0.3 is 0 Å². The van der Waals surface area contributed by atoms with Gasteiger partial charge in [-0.3, -0.25) is 4.79 Å². The van der Waals surface area contributed by atoms with Gasteiger partial charge in [0.2, 0.25) is 5.91 Å². The molecule has 0 aliphatic carbocycles. The maximum Gasteiger partial charge on any atom is 0.224 e. The third-order valence-electron chi connectivity index (χ3n) is 6.44. The summed E-state index contributed by atoms with van der Waals surface area (Å²) in [6.45, 7) is 17.9. The van der Waals surface area contributed by atoms with Gasteiger partial charge in [-0.1, -0.05) is 65.8 Å². The van der Waals surface area contributed by atoms with Gasteiger partial charge in [0.1, 0.15) is 5.75 Å². The molecule has 1 N–H and O–H groups in total. The van der Waals surface area contributed by atoms with E-state index in [-0.39, 0.29) is 11.3 Å². The lowest BCUT2D eigenvalue weighted by Gasteiger charge is -2.23. The van der Waals surface area contributed by atoms with E-state index in [0.29, 0.717) is 18.3 Å². The monoisotopic (exact) mass is 421 g/mol. The van der Waals surface area contributed by atoms with Crippen molar-refractivity contribution in [1.29, 1.82) is 0 Å². The van der Waals surface area contributed by atoms with E-state index < -0.39 is 0 Å². The van der Waals surface area contributed by atoms with Crippen LogP contribution in [0.1, 0.15) is 99.6 Å². The Hall–Kier alpha value is -2.29. The minimum absolute atomic E-state index is 0.0430. The number of carbonyl (C=O) groups excluding carboxylic acids is 1.